The van der Waals surface area contributed by atoms with Crippen LogP contribution in [-0.2, 0) is 0 Å². The molecule has 5 nitrogen and oxygen atoms in total. The molecule has 1 saturated heterocycles. The highest BCUT2D eigenvalue weighted by Gasteiger charge is 2.19. The standard InChI is InChI=1S/C12H15N5/c1-3-9(7-13-5-1)11-15-12(17-16-11)10-4-2-6-14-8-10/h1,3,5,7,10,14H,2,4,6,8H2,(H,15,16,17)/t10-/m0/s1. The summed E-state index contributed by atoms with van der Waals surface area (Å²) in [4.78, 5) is 8.63. The van der Waals surface area contributed by atoms with Gasteiger partial charge in [0, 0.05) is 30.4 Å². The SMILES string of the molecule is c1cncc(-c2n[nH]c([C@H]3CCCNC3)n2)c1. The van der Waals surface area contributed by atoms with Crippen molar-refractivity contribution in [2.24, 2.45) is 0 Å². The smallest absolute Gasteiger partial charge is 0.182 e. The summed E-state index contributed by atoms with van der Waals surface area (Å²) in [6.07, 6.45) is 5.91. The van der Waals surface area contributed by atoms with Crippen molar-refractivity contribution in [1.29, 1.82) is 0 Å². The predicted molar refractivity (Wildman–Crippen MR) is 64.5 cm³/mol. The van der Waals surface area contributed by atoms with Gasteiger partial charge in [-0.05, 0) is 31.5 Å². The highest BCUT2D eigenvalue weighted by atomic mass is 15.2. The normalized spacial score (nSPS) is 20.4. The fraction of sp³-hybridized carbons (Fsp3) is 0.417. The number of piperidine rings is 1. The lowest BCUT2D eigenvalue weighted by Gasteiger charge is -2.20. The van der Waals surface area contributed by atoms with E-state index < -0.39 is 0 Å². The molecule has 3 rings (SSSR count). The van der Waals surface area contributed by atoms with Crippen LogP contribution in [0.5, 0.6) is 0 Å². The van der Waals surface area contributed by atoms with Gasteiger partial charge >= 0.3 is 0 Å². The van der Waals surface area contributed by atoms with Gasteiger partial charge in [0.2, 0.25) is 0 Å². The molecule has 0 aliphatic carbocycles. The summed E-state index contributed by atoms with van der Waals surface area (Å²) in [5, 5.41) is 10.7. The minimum atomic E-state index is 0.460. The number of pyridine rings is 1. The van der Waals surface area contributed by atoms with Gasteiger partial charge < -0.3 is 5.32 Å². The summed E-state index contributed by atoms with van der Waals surface area (Å²) in [6, 6.07) is 3.87. The van der Waals surface area contributed by atoms with Crippen LogP contribution in [-0.4, -0.2) is 33.3 Å². The molecule has 0 spiro atoms. The number of H-pyrrole nitrogens is 1. The van der Waals surface area contributed by atoms with Gasteiger partial charge in [-0.3, -0.25) is 10.1 Å². The lowest BCUT2D eigenvalue weighted by Crippen LogP contribution is -2.28. The summed E-state index contributed by atoms with van der Waals surface area (Å²) in [7, 11) is 0. The van der Waals surface area contributed by atoms with E-state index in [1.54, 1.807) is 12.4 Å². The van der Waals surface area contributed by atoms with Crippen molar-refractivity contribution in [3.05, 3.63) is 30.4 Å². The second-order valence-corrected chi connectivity index (χ2v) is 4.33. The van der Waals surface area contributed by atoms with Crippen LogP contribution in [0, 0.1) is 0 Å². The summed E-state index contributed by atoms with van der Waals surface area (Å²) in [6.45, 7) is 2.10. The highest BCUT2D eigenvalue weighted by molar-refractivity contribution is 5.52. The zero-order chi connectivity index (χ0) is 11.5. The van der Waals surface area contributed by atoms with Gasteiger partial charge in [0.05, 0.1) is 0 Å². The van der Waals surface area contributed by atoms with Crippen LogP contribution in [0.25, 0.3) is 11.4 Å². The number of aromatic nitrogens is 4. The molecule has 88 valence electrons. The molecule has 2 N–H and O–H groups in total. The van der Waals surface area contributed by atoms with Crippen LogP contribution in [0.1, 0.15) is 24.6 Å². The number of nitrogens with one attached hydrogen (secondary N) is 2. The molecule has 0 radical (unpaired) electrons. The third-order valence-corrected chi connectivity index (χ3v) is 3.11. The fourth-order valence-corrected chi connectivity index (χ4v) is 2.17. The average Bonchev–Trinajstić information content (AvgIpc) is 2.90. The van der Waals surface area contributed by atoms with Crippen molar-refractivity contribution in [3.8, 4) is 11.4 Å². The summed E-state index contributed by atoms with van der Waals surface area (Å²) < 4.78 is 0. The van der Waals surface area contributed by atoms with E-state index in [9.17, 15) is 0 Å². The maximum Gasteiger partial charge on any atom is 0.182 e. The lowest BCUT2D eigenvalue weighted by atomic mass is 9.99. The van der Waals surface area contributed by atoms with E-state index in [0.717, 1.165) is 30.3 Å². The molecule has 17 heavy (non-hydrogen) atoms. The second kappa shape index (κ2) is 4.63. The molecule has 1 fully saturated rings. The maximum absolute atomic E-state index is 4.56. The quantitative estimate of drug-likeness (QED) is 0.815. The molecule has 1 aliphatic heterocycles. The number of rotatable bonds is 2. The van der Waals surface area contributed by atoms with Crippen molar-refractivity contribution in [2.75, 3.05) is 13.1 Å². The van der Waals surface area contributed by atoms with E-state index in [4.69, 9.17) is 0 Å². The molecular weight excluding hydrogens is 214 g/mol. The van der Waals surface area contributed by atoms with Crippen molar-refractivity contribution in [1.82, 2.24) is 25.5 Å². The zero-order valence-electron chi connectivity index (χ0n) is 9.56. The molecule has 2 aromatic heterocycles. The van der Waals surface area contributed by atoms with Crippen LogP contribution in [0.2, 0.25) is 0 Å². The van der Waals surface area contributed by atoms with Gasteiger partial charge in [-0.1, -0.05) is 0 Å². The van der Waals surface area contributed by atoms with Crippen LogP contribution in [0.4, 0.5) is 0 Å². The van der Waals surface area contributed by atoms with Gasteiger partial charge in [-0.2, -0.15) is 5.10 Å². The molecule has 2 aromatic rings. The van der Waals surface area contributed by atoms with Crippen molar-refractivity contribution < 1.29 is 0 Å². The van der Waals surface area contributed by atoms with Gasteiger partial charge in [0.1, 0.15) is 5.82 Å². The maximum atomic E-state index is 4.56. The summed E-state index contributed by atoms with van der Waals surface area (Å²) in [5.41, 5.74) is 0.957. The van der Waals surface area contributed by atoms with E-state index in [1.165, 1.54) is 12.8 Å². The third kappa shape index (κ3) is 2.19. The minimum absolute atomic E-state index is 0.460. The largest absolute Gasteiger partial charge is 0.316 e. The first-order chi connectivity index (χ1) is 8.43. The second-order valence-electron chi connectivity index (χ2n) is 4.33. The van der Waals surface area contributed by atoms with Gasteiger partial charge in [0.15, 0.2) is 5.82 Å². The molecule has 0 unspecified atom stereocenters. The highest BCUT2D eigenvalue weighted by Crippen LogP contribution is 2.22. The van der Waals surface area contributed by atoms with E-state index in [-0.39, 0.29) is 0 Å². The Balaban J connectivity index is 1.83. The molecule has 0 saturated carbocycles. The first-order valence-corrected chi connectivity index (χ1v) is 5.97. The van der Waals surface area contributed by atoms with E-state index in [0.29, 0.717) is 5.92 Å². The Labute approximate surface area is 99.7 Å². The Hall–Kier alpha value is -1.75. The summed E-state index contributed by atoms with van der Waals surface area (Å²) in [5.74, 6) is 2.18. The Kier molecular flexibility index (Phi) is 2.83. The fourth-order valence-electron chi connectivity index (χ4n) is 2.17. The van der Waals surface area contributed by atoms with Gasteiger partial charge in [-0.25, -0.2) is 4.98 Å². The first-order valence-electron chi connectivity index (χ1n) is 5.97. The molecule has 0 amide bonds. The van der Waals surface area contributed by atoms with E-state index in [1.807, 2.05) is 12.1 Å². The molecule has 1 atom stereocenters. The van der Waals surface area contributed by atoms with E-state index in [2.05, 4.69) is 25.5 Å². The monoisotopic (exact) mass is 229 g/mol. The molecule has 0 aromatic carbocycles. The Morgan fingerprint density at radius 1 is 1.35 bits per heavy atom. The number of hydrogen-bond acceptors (Lipinski definition) is 4. The Morgan fingerprint density at radius 3 is 3.12 bits per heavy atom. The zero-order valence-corrected chi connectivity index (χ0v) is 9.56. The molecular formula is C12H15N5. The number of aromatic amines is 1. The number of nitrogens with zero attached hydrogens (tertiary/aromatic N) is 3. The molecule has 0 bridgehead atoms. The van der Waals surface area contributed by atoms with Gasteiger partial charge in [0.25, 0.3) is 0 Å². The number of hydrogen-bond donors (Lipinski definition) is 2. The molecule has 5 heteroatoms. The van der Waals surface area contributed by atoms with Crippen molar-refractivity contribution in [3.63, 3.8) is 0 Å². The van der Waals surface area contributed by atoms with Crippen LogP contribution in [0.3, 0.4) is 0 Å². The first kappa shape index (κ1) is 10.4. The topological polar surface area (TPSA) is 66.5 Å². The summed E-state index contributed by atoms with van der Waals surface area (Å²) >= 11 is 0. The van der Waals surface area contributed by atoms with Crippen LogP contribution in [0.15, 0.2) is 24.5 Å². The van der Waals surface area contributed by atoms with Crippen molar-refractivity contribution >= 4 is 0 Å². The van der Waals surface area contributed by atoms with Gasteiger partial charge in [-0.15, -0.1) is 0 Å². The minimum Gasteiger partial charge on any atom is -0.316 e. The van der Waals surface area contributed by atoms with Crippen LogP contribution < -0.4 is 5.32 Å². The Morgan fingerprint density at radius 2 is 2.35 bits per heavy atom. The van der Waals surface area contributed by atoms with Crippen molar-refractivity contribution in [2.45, 2.75) is 18.8 Å². The van der Waals surface area contributed by atoms with E-state index >= 15 is 0 Å². The predicted octanol–water partition coefficient (Wildman–Crippen LogP) is 1.33. The van der Waals surface area contributed by atoms with Crippen LogP contribution >= 0.6 is 0 Å². The third-order valence-electron chi connectivity index (χ3n) is 3.11. The Bertz CT molecular complexity index is 473. The lowest BCUT2D eigenvalue weighted by molar-refractivity contribution is 0.447. The average molecular weight is 229 g/mol. The molecule has 1 aliphatic rings. The molecule has 3 heterocycles.